The van der Waals surface area contributed by atoms with Crippen molar-refractivity contribution in [1.82, 2.24) is 4.72 Å². The summed E-state index contributed by atoms with van der Waals surface area (Å²) >= 11 is 0. The van der Waals surface area contributed by atoms with Gasteiger partial charge in [0.05, 0.1) is 14.2 Å². The van der Waals surface area contributed by atoms with Crippen LogP contribution >= 0.6 is 0 Å². The van der Waals surface area contributed by atoms with Crippen molar-refractivity contribution in [3.8, 4) is 11.5 Å². The Hall–Kier alpha value is -2.67. The number of benzene rings is 2. The molecular weight excluding hydrogens is 458 g/mol. The molecule has 4 N–H and O–H groups in total. The Morgan fingerprint density at radius 2 is 1.53 bits per heavy atom. The minimum Gasteiger partial charge on any atom is -0.495 e. The third kappa shape index (κ3) is 5.38. The molecule has 10 nitrogen and oxygen atoms in total. The summed E-state index contributed by atoms with van der Waals surface area (Å²) < 4.78 is 62.2. The molecule has 3 rings (SSSR count). The molecule has 0 aliphatic heterocycles. The minimum atomic E-state index is -4.10. The fraction of sp³-hybridized carbons (Fsp3) is 0.350. The number of ether oxygens (including phenoxy) is 2. The maximum atomic E-state index is 12.9. The van der Waals surface area contributed by atoms with Crippen molar-refractivity contribution in [2.45, 2.75) is 41.5 Å². The van der Waals surface area contributed by atoms with Gasteiger partial charge in [-0.25, -0.2) is 26.7 Å². The van der Waals surface area contributed by atoms with E-state index in [0.29, 0.717) is 0 Å². The van der Waals surface area contributed by atoms with Crippen molar-refractivity contribution >= 4 is 31.6 Å². The molecule has 2 aromatic carbocycles. The SMILES string of the molecule is COc1ccc(NC(=O)c2ccc(OC)c(S(=O)(=O)NC3CCCC3)c2)cc1S(N)(=O)=O. The molecule has 0 aromatic heterocycles. The maximum absolute atomic E-state index is 12.9. The lowest BCUT2D eigenvalue weighted by molar-refractivity contribution is 0.102. The first-order chi connectivity index (χ1) is 15.0. The van der Waals surface area contributed by atoms with E-state index >= 15 is 0 Å². The molecule has 0 spiro atoms. The number of nitrogens with one attached hydrogen (secondary N) is 2. The van der Waals surface area contributed by atoms with Crippen LogP contribution in [-0.4, -0.2) is 43.0 Å². The highest BCUT2D eigenvalue weighted by Gasteiger charge is 2.27. The molecule has 0 saturated heterocycles. The lowest BCUT2D eigenvalue weighted by atomic mass is 10.2. The van der Waals surface area contributed by atoms with Crippen molar-refractivity contribution in [3.63, 3.8) is 0 Å². The molecule has 1 fully saturated rings. The summed E-state index contributed by atoms with van der Waals surface area (Å²) in [6.07, 6.45) is 3.42. The first-order valence-electron chi connectivity index (χ1n) is 9.77. The van der Waals surface area contributed by atoms with E-state index in [0.717, 1.165) is 31.7 Å². The third-order valence-corrected chi connectivity index (χ3v) is 7.59. The van der Waals surface area contributed by atoms with Gasteiger partial charge < -0.3 is 14.8 Å². The van der Waals surface area contributed by atoms with Gasteiger partial charge in [-0.1, -0.05) is 12.8 Å². The van der Waals surface area contributed by atoms with Gasteiger partial charge in [-0.3, -0.25) is 4.79 Å². The first kappa shape index (κ1) is 24.0. The molecule has 2 aromatic rings. The summed E-state index contributed by atoms with van der Waals surface area (Å²) in [6.45, 7) is 0. The highest BCUT2D eigenvalue weighted by Crippen LogP contribution is 2.29. The maximum Gasteiger partial charge on any atom is 0.255 e. The molecule has 1 aliphatic rings. The Kier molecular flexibility index (Phi) is 7.08. The van der Waals surface area contributed by atoms with Crippen LogP contribution in [0.1, 0.15) is 36.0 Å². The lowest BCUT2D eigenvalue weighted by Crippen LogP contribution is -2.33. The van der Waals surface area contributed by atoms with E-state index < -0.39 is 26.0 Å². The van der Waals surface area contributed by atoms with Crippen molar-refractivity contribution in [2.75, 3.05) is 19.5 Å². The molecule has 0 bridgehead atoms. The van der Waals surface area contributed by atoms with Crippen LogP contribution in [0.3, 0.4) is 0 Å². The van der Waals surface area contributed by atoms with Gasteiger partial charge in [-0.05, 0) is 49.2 Å². The van der Waals surface area contributed by atoms with Crippen LogP contribution < -0.4 is 24.7 Å². The largest absolute Gasteiger partial charge is 0.495 e. The Labute approximate surface area is 187 Å². The third-order valence-electron chi connectivity index (χ3n) is 5.12. The zero-order valence-corrected chi connectivity index (χ0v) is 19.3. The molecule has 0 radical (unpaired) electrons. The standard InChI is InChI=1S/C20H25N3O7S2/c1-29-16-10-8-15(12-18(16)31(21,25)26)22-20(24)13-7-9-17(30-2)19(11-13)32(27,28)23-14-5-3-4-6-14/h7-12,14,23H,3-6H2,1-2H3,(H,22,24)(H2,21,25,26). The molecule has 12 heteroatoms. The number of rotatable bonds is 8. The number of carbonyl (C=O) groups excluding carboxylic acids is 1. The number of nitrogens with two attached hydrogens (primary N) is 1. The lowest BCUT2D eigenvalue weighted by Gasteiger charge is -2.16. The van der Waals surface area contributed by atoms with Crippen LogP contribution in [-0.2, 0) is 20.0 Å². The van der Waals surface area contributed by atoms with Crippen LogP contribution in [0.2, 0.25) is 0 Å². The minimum absolute atomic E-state index is 0.0290. The molecule has 174 valence electrons. The van der Waals surface area contributed by atoms with Gasteiger partial charge in [-0.15, -0.1) is 0 Å². The number of anilines is 1. The second-order valence-corrected chi connectivity index (χ2v) is 10.5. The van der Waals surface area contributed by atoms with Gasteiger partial charge in [0, 0.05) is 17.3 Å². The van der Waals surface area contributed by atoms with Gasteiger partial charge in [0.15, 0.2) is 0 Å². The van der Waals surface area contributed by atoms with Crippen LogP contribution in [0.25, 0.3) is 0 Å². The monoisotopic (exact) mass is 483 g/mol. The van der Waals surface area contributed by atoms with Crippen LogP contribution in [0.5, 0.6) is 11.5 Å². The van der Waals surface area contributed by atoms with E-state index in [4.69, 9.17) is 14.6 Å². The molecule has 0 unspecified atom stereocenters. The molecule has 1 amide bonds. The van der Waals surface area contributed by atoms with E-state index in [9.17, 15) is 21.6 Å². The smallest absolute Gasteiger partial charge is 0.255 e. The summed E-state index contributed by atoms with van der Waals surface area (Å²) in [6, 6.07) is 7.82. The second-order valence-electron chi connectivity index (χ2n) is 7.33. The molecule has 0 heterocycles. The van der Waals surface area contributed by atoms with Crippen molar-refractivity contribution in [3.05, 3.63) is 42.0 Å². The fourth-order valence-corrected chi connectivity index (χ4v) is 5.76. The summed E-state index contributed by atoms with van der Waals surface area (Å²) in [4.78, 5) is 12.3. The average molecular weight is 484 g/mol. The van der Waals surface area contributed by atoms with Crippen LogP contribution in [0, 0.1) is 0 Å². The normalized spacial score (nSPS) is 14.8. The van der Waals surface area contributed by atoms with Crippen molar-refractivity contribution in [1.29, 1.82) is 0 Å². The fourth-order valence-electron chi connectivity index (χ4n) is 3.53. The number of carbonyl (C=O) groups is 1. The van der Waals surface area contributed by atoms with Gasteiger partial charge in [0.2, 0.25) is 20.0 Å². The number of hydrogen-bond donors (Lipinski definition) is 3. The predicted octanol–water partition coefficient (Wildman–Crippen LogP) is 1.82. The predicted molar refractivity (Wildman–Crippen MR) is 118 cm³/mol. The topological polar surface area (TPSA) is 154 Å². The number of primary sulfonamides is 1. The van der Waals surface area contributed by atoms with Gasteiger partial charge in [-0.2, -0.15) is 0 Å². The van der Waals surface area contributed by atoms with Crippen molar-refractivity contribution < 1.29 is 31.1 Å². The molecular formula is C20H25N3O7S2. The van der Waals surface area contributed by atoms with E-state index in [2.05, 4.69) is 10.0 Å². The van der Waals surface area contributed by atoms with E-state index in [1.54, 1.807) is 0 Å². The molecule has 32 heavy (non-hydrogen) atoms. The van der Waals surface area contributed by atoms with Crippen LogP contribution in [0.15, 0.2) is 46.2 Å². The van der Waals surface area contributed by atoms with Crippen LogP contribution in [0.4, 0.5) is 5.69 Å². The Balaban J connectivity index is 1.90. The summed E-state index contributed by atoms with van der Waals surface area (Å²) in [5.74, 6) is -0.509. The van der Waals surface area contributed by atoms with Gasteiger partial charge in [0.25, 0.3) is 5.91 Å². The highest BCUT2D eigenvalue weighted by atomic mass is 32.2. The van der Waals surface area contributed by atoms with Crippen molar-refractivity contribution in [2.24, 2.45) is 5.14 Å². The molecule has 0 atom stereocenters. The zero-order chi connectivity index (χ0) is 23.5. The molecule has 1 aliphatic carbocycles. The summed E-state index contributed by atoms with van der Waals surface area (Å²) in [5.41, 5.74) is 0.190. The quantitative estimate of drug-likeness (QED) is 0.517. The second kappa shape index (κ2) is 9.45. The molecule has 1 saturated carbocycles. The number of amides is 1. The van der Waals surface area contributed by atoms with Gasteiger partial charge in [0.1, 0.15) is 21.3 Å². The first-order valence-corrected chi connectivity index (χ1v) is 12.8. The number of sulfonamides is 2. The Bertz CT molecular complexity index is 1220. The Morgan fingerprint density at radius 1 is 0.938 bits per heavy atom. The zero-order valence-electron chi connectivity index (χ0n) is 17.6. The van der Waals surface area contributed by atoms with E-state index in [1.807, 2.05) is 0 Å². The Morgan fingerprint density at radius 3 is 2.12 bits per heavy atom. The highest BCUT2D eigenvalue weighted by molar-refractivity contribution is 7.89. The summed E-state index contributed by atoms with van der Waals surface area (Å²) in [7, 11) is -5.38. The van der Waals surface area contributed by atoms with E-state index in [-0.39, 0.29) is 38.6 Å². The number of methoxy groups -OCH3 is 2. The average Bonchev–Trinajstić information content (AvgIpc) is 3.24. The number of hydrogen-bond acceptors (Lipinski definition) is 7. The van der Waals surface area contributed by atoms with E-state index in [1.165, 1.54) is 44.6 Å². The van der Waals surface area contributed by atoms with Gasteiger partial charge >= 0.3 is 0 Å². The summed E-state index contributed by atoms with van der Waals surface area (Å²) in [5, 5.41) is 7.74.